The first-order chi connectivity index (χ1) is 11.8. The lowest BCUT2D eigenvalue weighted by molar-refractivity contribution is -0.132. The van der Waals surface area contributed by atoms with Crippen molar-refractivity contribution in [3.63, 3.8) is 0 Å². The third kappa shape index (κ3) is 3.39. The molecule has 2 aliphatic rings. The summed E-state index contributed by atoms with van der Waals surface area (Å²) >= 11 is 0. The molecule has 0 spiro atoms. The van der Waals surface area contributed by atoms with E-state index in [2.05, 4.69) is 40.1 Å². The lowest BCUT2D eigenvalue weighted by atomic mass is 10.2. The first kappa shape index (κ1) is 15.5. The number of carbonyl (C=O) groups excluding carboxylic acids is 1. The van der Waals surface area contributed by atoms with E-state index >= 15 is 0 Å². The molecule has 1 aliphatic carbocycles. The minimum Gasteiger partial charge on any atom is -0.469 e. The number of rotatable bonds is 4. The Kier molecular flexibility index (Phi) is 4.39. The van der Waals surface area contributed by atoms with Gasteiger partial charge in [0, 0.05) is 44.6 Å². The van der Waals surface area contributed by atoms with Crippen LogP contribution >= 0.6 is 0 Å². The Bertz CT molecular complexity index is 668. The number of carbonyl (C=O) groups is 1. The van der Waals surface area contributed by atoms with Crippen molar-refractivity contribution in [1.29, 1.82) is 0 Å². The Morgan fingerprint density at radius 3 is 2.71 bits per heavy atom. The molecule has 2 atom stereocenters. The molecule has 1 saturated heterocycles. The highest BCUT2D eigenvalue weighted by molar-refractivity contribution is 5.82. The molecule has 0 bridgehead atoms. The average Bonchev–Trinajstić information content (AvgIpc) is 3.29. The zero-order valence-electron chi connectivity index (χ0n) is 13.9. The van der Waals surface area contributed by atoms with Crippen LogP contribution in [0, 0.1) is 5.92 Å². The monoisotopic (exact) mass is 324 g/mol. The second-order valence-electron chi connectivity index (χ2n) is 6.90. The van der Waals surface area contributed by atoms with E-state index in [1.807, 2.05) is 12.1 Å². The molecular formula is C20H24N2O2. The van der Waals surface area contributed by atoms with Gasteiger partial charge < -0.3 is 9.32 Å². The van der Waals surface area contributed by atoms with Gasteiger partial charge in [-0.3, -0.25) is 9.69 Å². The fourth-order valence-electron chi connectivity index (χ4n) is 3.71. The van der Waals surface area contributed by atoms with Gasteiger partial charge in [0.15, 0.2) is 0 Å². The van der Waals surface area contributed by atoms with Gasteiger partial charge in [-0.05, 0) is 30.5 Å². The quantitative estimate of drug-likeness (QED) is 0.867. The SMILES string of the molecule is O=C([C@@H]1C[C@@H]1c1ccco1)N1CCCN(Cc2ccccc2)CC1. The van der Waals surface area contributed by atoms with Crippen molar-refractivity contribution >= 4 is 5.91 Å². The molecule has 1 aromatic carbocycles. The molecule has 2 fully saturated rings. The van der Waals surface area contributed by atoms with Crippen LogP contribution in [0.1, 0.15) is 30.1 Å². The van der Waals surface area contributed by atoms with Crippen molar-refractivity contribution < 1.29 is 9.21 Å². The van der Waals surface area contributed by atoms with E-state index in [0.717, 1.165) is 51.3 Å². The Balaban J connectivity index is 1.31. The van der Waals surface area contributed by atoms with Crippen LogP contribution in [0.4, 0.5) is 0 Å². The fraction of sp³-hybridized carbons (Fsp3) is 0.450. The van der Waals surface area contributed by atoms with Gasteiger partial charge in [-0.25, -0.2) is 0 Å². The maximum absolute atomic E-state index is 12.7. The molecule has 0 unspecified atom stereocenters. The van der Waals surface area contributed by atoms with Gasteiger partial charge in [0.2, 0.25) is 5.91 Å². The van der Waals surface area contributed by atoms with Gasteiger partial charge >= 0.3 is 0 Å². The Hall–Kier alpha value is -2.07. The van der Waals surface area contributed by atoms with Crippen molar-refractivity contribution in [3.8, 4) is 0 Å². The molecule has 1 aromatic heterocycles. The smallest absolute Gasteiger partial charge is 0.226 e. The number of furan rings is 1. The first-order valence-electron chi connectivity index (χ1n) is 8.90. The molecule has 2 heterocycles. The van der Waals surface area contributed by atoms with Crippen LogP contribution in [0.25, 0.3) is 0 Å². The minimum absolute atomic E-state index is 0.136. The highest BCUT2D eigenvalue weighted by atomic mass is 16.3. The van der Waals surface area contributed by atoms with Crippen molar-refractivity contribution in [2.45, 2.75) is 25.3 Å². The topological polar surface area (TPSA) is 36.7 Å². The second kappa shape index (κ2) is 6.81. The molecule has 2 aromatic rings. The number of hydrogen-bond acceptors (Lipinski definition) is 3. The van der Waals surface area contributed by atoms with Crippen LogP contribution in [0.5, 0.6) is 0 Å². The van der Waals surface area contributed by atoms with E-state index in [1.54, 1.807) is 6.26 Å². The normalized spacial score (nSPS) is 24.6. The summed E-state index contributed by atoms with van der Waals surface area (Å²) in [6.07, 6.45) is 3.69. The molecular weight excluding hydrogens is 300 g/mol. The van der Waals surface area contributed by atoms with E-state index in [-0.39, 0.29) is 5.92 Å². The first-order valence-corrected chi connectivity index (χ1v) is 8.90. The molecule has 4 nitrogen and oxygen atoms in total. The molecule has 0 radical (unpaired) electrons. The number of hydrogen-bond donors (Lipinski definition) is 0. The van der Waals surface area contributed by atoms with Crippen LogP contribution < -0.4 is 0 Å². The second-order valence-corrected chi connectivity index (χ2v) is 6.90. The fourth-order valence-corrected chi connectivity index (χ4v) is 3.71. The molecule has 0 N–H and O–H groups in total. The predicted octanol–water partition coefficient (Wildman–Crippen LogP) is 3.12. The summed E-state index contributed by atoms with van der Waals surface area (Å²) in [5.74, 6) is 1.72. The lowest BCUT2D eigenvalue weighted by Gasteiger charge is -2.22. The summed E-state index contributed by atoms with van der Waals surface area (Å²) in [6.45, 7) is 4.71. The molecule has 1 saturated carbocycles. The largest absolute Gasteiger partial charge is 0.469 e. The molecule has 4 heteroatoms. The van der Waals surface area contributed by atoms with Gasteiger partial charge in [-0.15, -0.1) is 0 Å². The lowest BCUT2D eigenvalue weighted by Crippen LogP contribution is -2.36. The van der Waals surface area contributed by atoms with Crippen LogP contribution in [-0.4, -0.2) is 41.9 Å². The Morgan fingerprint density at radius 1 is 1.04 bits per heavy atom. The van der Waals surface area contributed by atoms with E-state index in [0.29, 0.717) is 11.8 Å². The maximum Gasteiger partial charge on any atom is 0.226 e. The molecule has 1 aliphatic heterocycles. The zero-order valence-corrected chi connectivity index (χ0v) is 13.9. The van der Waals surface area contributed by atoms with E-state index in [9.17, 15) is 4.79 Å². The predicted molar refractivity (Wildman–Crippen MR) is 92.5 cm³/mol. The summed E-state index contributed by atoms with van der Waals surface area (Å²) in [6, 6.07) is 14.5. The van der Waals surface area contributed by atoms with Gasteiger partial charge in [-0.2, -0.15) is 0 Å². The van der Waals surface area contributed by atoms with Crippen LogP contribution in [0.15, 0.2) is 53.1 Å². The van der Waals surface area contributed by atoms with Crippen molar-refractivity contribution in [2.24, 2.45) is 5.92 Å². The zero-order chi connectivity index (χ0) is 16.4. The van der Waals surface area contributed by atoms with Gasteiger partial charge in [-0.1, -0.05) is 30.3 Å². The molecule has 1 amide bonds. The Morgan fingerprint density at radius 2 is 1.92 bits per heavy atom. The van der Waals surface area contributed by atoms with Crippen LogP contribution in [-0.2, 0) is 11.3 Å². The molecule has 126 valence electrons. The van der Waals surface area contributed by atoms with E-state index in [4.69, 9.17) is 4.42 Å². The van der Waals surface area contributed by atoms with Gasteiger partial charge in [0.1, 0.15) is 5.76 Å². The highest BCUT2D eigenvalue weighted by Crippen LogP contribution is 2.48. The maximum atomic E-state index is 12.7. The summed E-state index contributed by atoms with van der Waals surface area (Å²) in [4.78, 5) is 17.3. The van der Waals surface area contributed by atoms with E-state index < -0.39 is 0 Å². The van der Waals surface area contributed by atoms with Gasteiger partial charge in [0.25, 0.3) is 0 Å². The summed E-state index contributed by atoms with van der Waals surface area (Å²) in [5, 5.41) is 0. The average molecular weight is 324 g/mol. The third-order valence-electron chi connectivity index (χ3n) is 5.17. The van der Waals surface area contributed by atoms with E-state index in [1.165, 1.54) is 5.56 Å². The number of nitrogens with zero attached hydrogens (tertiary/aromatic N) is 2. The summed E-state index contributed by atoms with van der Waals surface area (Å²) in [7, 11) is 0. The standard InChI is InChI=1S/C20H24N2O2/c23-20(18-14-17(18)19-8-4-13-24-19)22-10-5-9-21(11-12-22)15-16-6-2-1-3-7-16/h1-4,6-8,13,17-18H,5,9-12,14-15H2/t17-,18+/m0/s1. The Labute approximate surface area is 143 Å². The third-order valence-corrected chi connectivity index (χ3v) is 5.17. The molecule has 4 rings (SSSR count). The summed E-state index contributed by atoms with van der Waals surface area (Å²) < 4.78 is 5.45. The number of benzene rings is 1. The summed E-state index contributed by atoms with van der Waals surface area (Å²) in [5.41, 5.74) is 1.34. The molecule has 24 heavy (non-hydrogen) atoms. The van der Waals surface area contributed by atoms with Crippen LogP contribution in [0.2, 0.25) is 0 Å². The van der Waals surface area contributed by atoms with Crippen molar-refractivity contribution in [1.82, 2.24) is 9.80 Å². The minimum atomic E-state index is 0.136. The van der Waals surface area contributed by atoms with Crippen molar-refractivity contribution in [2.75, 3.05) is 26.2 Å². The van der Waals surface area contributed by atoms with Gasteiger partial charge in [0.05, 0.1) is 6.26 Å². The van der Waals surface area contributed by atoms with Crippen LogP contribution in [0.3, 0.4) is 0 Å². The number of amides is 1. The highest BCUT2D eigenvalue weighted by Gasteiger charge is 2.47. The van der Waals surface area contributed by atoms with Crippen molar-refractivity contribution in [3.05, 3.63) is 60.1 Å².